The van der Waals surface area contributed by atoms with Crippen LogP contribution in [0.3, 0.4) is 0 Å². The molecule has 1 aliphatic heterocycles. The van der Waals surface area contributed by atoms with Crippen LogP contribution in [0, 0.1) is 5.92 Å². The van der Waals surface area contributed by atoms with Gasteiger partial charge < -0.3 is 5.73 Å². The van der Waals surface area contributed by atoms with Crippen molar-refractivity contribution in [2.45, 2.75) is 63.5 Å². The molecule has 2 N–H and O–H groups in total. The maximum atomic E-state index is 6.29. The largest absolute Gasteiger partial charge is 0.329 e. The van der Waals surface area contributed by atoms with Gasteiger partial charge in [0.2, 0.25) is 0 Å². The summed E-state index contributed by atoms with van der Waals surface area (Å²) < 4.78 is 0. The second-order valence-electron chi connectivity index (χ2n) is 6.91. The third-order valence-corrected chi connectivity index (χ3v) is 6.03. The van der Waals surface area contributed by atoms with Crippen LogP contribution in [0.4, 0.5) is 0 Å². The van der Waals surface area contributed by atoms with Crippen LogP contribution in [0.25, 0.3) is 0 Å². The molecule has 3 fully saturated rings. The highest BCUT2D eigenvalue weighted by molar-refractivity contribution is 5.01. The van der Waals surface area contributed by atoms with Crippen molar-refractivity contribution in [3.63, 3.8) is 0 Å². The first-order valence-corrected chi connectivity index (χ1v) is 8.49. The molecule has 0 amide bonds. The SMILES string of the molecule is CCC1CCCCC1(CN)N1CCN(C2CC2)CC1. The molecule has 2 saturated carbocycles. The quantitative estimate of drug-likeness (QED) is 0.844. The molecule has 0 aromatic heterocycles. The Hall–Kier alpha value is -0.120. The van der Waals surface area contributed by atoms with E-state index in [0.717, 1.165) is 18.5 Å². The van der Waals surface area contributed by atoms with Gasteiger partial charge >= 0.3 is 0 Å². The Morgan fingerprint density at radius 3 is 2.37 bits per heavy atom. The van der Waals surface area contributed by atoms with Gasteiger partial charge in [-0.1, -0.05) is 26.2 Å². The molecule has 3 rings (SSSR count). The van der Waals surface area contributed by atoms with E-state index in [1.807, 2.05) is 0 Å². The zero-order chi connectivity index (χ0) is 13.3. The summed E-state index contributed by atoms with van der Waals surface area (Å²) in [5.74, 6) is 0.832. The lowest BCUT2D eigenvalue weighted by atomic mass is 9.70. The van der Waals surface area contributed by atoms with Crippen LogP contribution in [0.5, 0.6) is 0 Å². The molecule has 1 heterocycles. The van der Waals surface area contributed by atoms with Gasteiger partial charge in [-0.25, -0.2) is 0 Å². The van der Waals surface area contributed by atoms with Crippen molar-refractivity contribution in [3.05, 3.63) is 0 Å². The molecular formula is C16H31N3. The molecule has 2 atom stereocenters. The topological polar surface area (TPSA) is 32.5 Å². The Morgan fingerprint density at radius 2 is 1.79 bits per heavy atom. The molecule has 1 saturated heterocycles. The van der Waals surface area contributed by atoms with Crippen molar-refractivity contribution in [3.8, 4) is 0 Å². The number of piperazine rings is 1. The first-order valence-electron chi connectivity index (χ1n) is 8.49. The van der Waals surface area contributed by atoms with Crippen LogP contribution >= 0.6 is 0 Å². The molecular weight excluding hydrogens is 234 g/mol. The Labute approximate surface area is 118 Å². The molecule has 0 bridgehead atoms. The van der Waals surface area contributed by atoms with Crippen molar-refractivity contribution < 1.29 is 0 Å². The fourth-order valence-corrected chi connectivity index (χ4v) is 4.66. The molecule has 2 unspecified atom stereocenters. The second-order valence-corrected chi connectivity index (χ2v) is 6.91. The zero-order valence-corrected chi connectivity index (χ0v) is 12.6. The number of nitrogens with zero attached hydrogens (tertiary/aromatic N) is 2. The maximum absolute atomic E-state index is 6.29. The molecule has 3 nitrogen and oxygen atoms in total. The van der Waals surface area contributed by atoms with Gasteiger partial charge in [-0.2, -0.15) is 0 Å². The van der Waals surface area contributed by atoms with E-state index in [0.29, 0.717) is 5.54 Å². The van der Waals surface area contributed by atoms with Gasteiger partial charge in [0, 0.05) is 44.3 Å². The predicted molar refractivity (Wildman–Crippen MR) is 80.2 cm³/mol. The molecule has 19 heavy (non-hydrogen) atoms. The van der Waals surface area contributed by atoms with E-state index in [2.05, 4.69) is 16.7 Å². The summed E-state index contributed by atoms with van der Waals surface area (Å²) in [5.41, 5.74) is 6.62. The first-order chi connectivity index (χ1) is 9.30. The van der Waals surface area contributed by atoms with Crippen molar-refractivity contribution in [2.24, 2.45) is 11.7 Å². The Balaban J connectivity index is 1.67. The van der Waals surface area contributed by atoms with E-state index < -0.39 is 0 Å². The third-order valence-electron chi connectivity index (χ3n) is 6.03. The van der Waals surface area contributed by atoms with Crippen LogP contribution in [-0.2, 0) is 0 Å². The van der Waals surface area contributed by atoms with Crippen LogP contribution in [0.1, 0.15) is 51.9 Å². The number of hydrogen-bond acceptors (Lipinski definition) is 3. The summed E-state index contributed by atoms with van der Waals surface area (Å²) in [5, 5.41) is 0. The fraction of sp³-hybridized carbons (Fsp3) is 1.00. The lowest BCUT2D eigenvalue weighted by molar-refractivity contribution is -0.0274. The molecule has 0 aromatic rings. The van der Waals surface area contributed by atoms with Gasteiger partial charge in [-0.15, -0.1) is 0 Å². The molecule has 3 aliphatic rings. The predicted octanol–water partition coefficient (Wildman–Crippen LogP) is 2.06. The summed E-state index contributed by atoms with van der Waals surface area (Å²) in [6.07, 6.45) is 9.74. The van der Waals surface area contributed by atoms with E-state index in [1.54, 1.807) is 0 Å². The van der Waals surface area contributed by atoms with Crippen molar-refractivity contribution in [1.29, 1.82) is 0 Å². The van der Waals surface area contributed by atoms with Crippen LogP contribution in [-0.4, -0.2) is 54.1 Å². The normalized spacial score (nSPS) is 38.5. The minimum Gasteiger partial charge on any atom is -0.329 e. The van der Waals surface area contributed by atoms with E-state index in [9.17, 15) is 0 Å². The van der Waals surface area contributed by atoms with E-state index in [1.165, 1.54) is 71.1 Å². The van der Waals surface area contributed by atoms with E-state index in [4.69, 9.17) is 5.73 Å². The lowest BCUT2D eigenvalue weighted by Crippen LogP contribution is -2.64. The van der Waals surface area contributed by atoms with Gasteiger partial charge in [0.05, 0.1) is 0 Å². The van der Waals surface area contributed by atoms with Crippen molar-refractivity contribution in [1.82, 2.24) is 9.80 Å². The number of nitrogens with two attached hydrogens (primary N) is 1. The molecule has 0 radical (unpaired) electrons. The second kappa shape index (κ2) is 5.71. The van der Waals surface area contributed by atoms with Gasteiger partial charge in [0.1, 0.15) is 0 Å². The van der Waals surface area contributed by atoms with Crippen LogP contribution in [0.15, 0.2) is 0 Å². The molecule has 0 aromatic carbocycles. The maximum Gasteiger partial charge on any atom is 0.0360 e. The highest BCUT2D eigenvalue weighted by atomic mass is 15.3. The van der Waals surface area contributed by atoms with Crippen LogP contribution < -0.4 is 5.73 Å². The molecule has 3 heteroatoms. The smallest absolute Gasteiger partial charge is 0.0360 e. The van der Waals surface area contributed by atoms with Crippen LogP contribution in [0.2, 0.25) is 0 Å². The molecule has 110 valence electrons. The summed E-state index contributed by atoms with van der Waals surface area (Å²) in [6, 6.07) is 0.935. The Kier molecular flexibility index (Phi) is 4.16. The minimum absolute atomic E-state index is 0.336. The molecule has 2 aliphatic carbocycles. The summed E-state index contributed by atoms with van der Waals surface area (Å²) >= 11 is 0. The van der Waals surface area contributed by atoms with Gasteiger partial charge in [0.25, 0.3) is 0 Å². The zero-order valence-electron chi connectivity index (χ0n) is 12.6. The summed E-state index contributed by atoms with van der Waals surface area (Å²) in [7, 11) is 0. The van der Waals surface area contributed by atoms with Gasteiger partial charge in [-0.05, 0) is 31.6 Å². The summed E-state index contributed by atoms with van der Waals surface area (Å²) in [6.45, 7) is 8.30. The van der Waals surface area contributed by atoms with E-state index in [-0.39, 0.29) is 0 Å². The van der Waals surface area contributed by atoms with Crippen molar-refractivity contribution >= 4 is 0 Å². The standard InChI is InChI=1S/C16H31N3/c1-2-14-5-3-4-8-16(14,13-17)19-11-9-18(10-12-19)15-6-7-15/h14-15H,2-13,17H2,1H3. The molecule has 0 spiro atoms. The van der Waals surface area contributed by atoms with Gasteiger partial charge in [-0.3, -0.25) is 9.80 Å². The average molecular weight is 265 g/mol. The fourth-order valence-electron chi connectivity index (χ4n) is 4.66. The third kappa shape index (κ3) is 2.57. The average Bonchev–Trinajstić information content (AvgIpc) is 3.32. The summed E-state index contributed by atoms with van der Waals surface area (Å²) in [4.78, 5) is 5.49. The number of rotatable bonds is 4. The minimum atomic E-state index is 0.336. The lowest BCUT2D eigenvalue weighted by Gasteiger charge is -2.53. The highest BCUT2D eigenvalue weighted by Crippen LogP contribution is 2.40. The monoisotopic (exact) mass is 265 g/mol. The number of hydrogen-bond donors (Lipinski definition) is 1. The van der Waals surface area contributed by atoms with Crippen molar-refractivity contribution in [2.75, 3.05) is 32.7 Å². The first kappa shape index (κ1) is 13.8. The Bertz CT molecular complexity index is 294. The highest BCUT2D eigenvalue weighted by Gasteiger charge is 2.45. The van der Waals surface area contributed by atoms with Gasteiger partial charge in [0.15, 0.2) is 0 Å². The Morgan fingerprint density at radius 1 is 1.05 bits per heavy atom. The van der Waals surface area contributed by atoms with E-state index >= 15 is 0 Å².